The molecular formula is C21H26N4O4. The zero-order valence-electron chi connectivity index (χ0n) is 16.8. The highest BCUT2D eigenvalue weighted by molar-refractivity contribution is 5.98. The fourth-order valence-corrected chi connectivity index (χ4v) is 2.85. The second-order valence-electron chi connectivity index (χ2n) is 6.22. The van der Waals surface area contributed by atoms with Crippen LogP contribution in [0.15, 0.2) is 54.6 Å². The summed E-state index contributed by atoms with van der Waals surface area (Å²) in [6.07, 6.45) is 0. The Morgan fingerprint density at radius 2 is 1.69 bits per heavy atom. The number of imide groups is 1. The van der Waals surface area contributed by atoms with Gasteiger partial charge in [0.25, 0.3) is 0 Å². The molecule has 0 spiro atoms. The minimum Gasteiger partial charge on any atom is -0.497 e. The van der Waals surface area contributed by atoms with E-state index >= 15 is 0 Å². The van der Waals surface area contributed by atoms with Crippen LogP contribution in [-0.4, -0.2) is 50.0 Å². The van der Waals surface area contributed by atoms with Gasteiger partial charge in [0, 0.05) is 12.7 Å². The van der Waals surface area contributed by atoms with E-state index in [9.17, 15) is 14.4 Å². The summed E-state index contributed by atoms with van der Waals surface area (Å²) in [6.45, 7) is 2.25. The van der Waals surface area contributed by atoms with Gasteiger partial charge in [-0.3, -0.25) is 19.8 Å². The molecule has 0 saturated carbocycles. The van der Waals surface area contributed by atoms with E-state index in [0.717, 1.165) is 0 Å². The summed E-state index contributed by atoms with van der Waals surface area (Å²) >= 11 is 0. The molecule has 1 atom stereocenters. The summed E-state index contributed by atoms with van der Waals surface area (Å²) in [6, 6.07) is 14.6. The Bertz CT molecular complexity index is 824. The van der Waals surface area contributed by atoms with E-state index in [1.807, 2.05) is 13.0 Å². The molecule has 0 unspecified atom stereocenters. The normalized spacial score (nSPS) is 11.4. The number of hydrogen-bond acceptors (Lipinski definition) is 5. The predicted molar refractivity (Wildman–Crippen MR) is 111 cm³/mol. The summed E-state index contributed by atoms with van der Waals surface area (Å²) in [5.74, 6) is -0.0893. The molecule has 0 fully saturated rings. The third-order valence-electron chi connectivity index (χ3n) is 4.32. The first-order chi connectivity index (χ1) is 14.0. The van der Waals surface area contributed by atoms with Gasteiger partial charge in [0.1, 0.15) is 11.8 Å². The molecule has 154 valence electrons. The van der Waals surface area contributed by atoms with Gasteiger partial charge in [-0.15, -0.1) is 0 Å². The molecule has 0 aliphatic heterocycles. The van der Waals surface area contributed by atoms with E-state index in [4.69, 9.17) is 4.74 Å². The number of nitrogens with zero attached hydrogens (tertiary/aromatic N) is 1. The number of ether oxygens (including phenoxy) is 1. The number of urea groups is 1. The Morgan fingerprint density at radius 3 is 2.24 bits per heavy atom. The number of carbonyl (C=O) groups is 3. The highest BCUT2D eigenvalue weighted by Gasteiger charge is 2.29. The van der Waals surface area contributed by atoms with E-state index in [2.05, 4.69) is 16.0 Å². The zero-order valence-corrected chi connectivity index (χ0v) is 16.8. The monoisotopic (exact) mass is 398 g/mol. The summed E-state index contributed by atoms with van der Waals surface area (Å²) < 4.78 is 5.11. The smallest absolute Gasteiger partial charge is 0.321 e. The van der Waals surface area contributed by atoms with Crippen LogP contribution >= 0.6 is 0 Å². The number of rotatable bonds is 8. The minimum atomic E-state index is -0.792. The minimum absolute atomic E-state index is 0.0245. The first kappa shape index (κ1) is 21.9. The topological polar surface area (TPSA) is 99.8 Å². The van der Waals surface area contributed by atoms with Crippen molar-refractivity contribution in [1.82, 2.24) is 15.5 Å². The average molecular weight is 398 g/mol. The van der Waals surface area contributed by atoms with E-state index in [-0.39, 0.29) is 12.5 Å². The fraction of sp³-hybridized carbons (Fsp3) is 0.286. The highest BCUT2D eigenvalue weighted by Crippen LogP contribution is 2.21. The van der Waals surface area contributed by atoms with Crippen LogP contribution in [0, 0.1) is 0 Å². The first-order valence-electron chi connectivity index (χ1n) is 9.24. The Kier molecular flexibility index (Phi) is 8.17. The molecule has 0 aliphatic carbocycles. The maximum absolute atomic E-state index is 12.8. The molecule has 2 aromatic rings. The fourth-order valence-electron chi connectivity index (χ4n) is 2.85. The lowest BCUT2D eigenvalue weighted by Gasteiger charge is -2.29. The molecule has 29 heavy (non-hydrogen) atoms. The van der Waals surface area contributed by atoms with E-state index in [0.29, 0.717) is 23.5 Å². The third kappa shape index (κ3) is 6.32. The van der Waals surface area contributed by atoms with Gasteiger partial charge in [-0.2, -0.15) is 0 Å². The molecule has 0 bridgehead atoms. The van der Waals surface area contributed by atoms with E-state index in [1.54, 1.807) is 60.5 Å². The molecule has 8 heteroatoms. The van der Waals surface area contributed by atoms with Crippen LogP contribution in [0.2, 0.25) is 0 Å². The molecular weight excluding hydrogens is 372 g/mol. The number of anilines is 1. The summed E-state index contributed by atoms with van der Waals surface area (Å²) in [5.41, 5.74) is 1.31. The van der Waals surface area contributed by atoms with Crippen molar-refractivity contribution in [3.63, 3.8) is 0 Å². The van der Waals surface area contributed by atoms with Gasteiger partial charge >= 0.3 is 6.03 Å². The largest absolute Gasteiger partial charge is 0.497 e. The maximum Gasteiger partial charge on any atom is 0.321 e. The molecule has 2 rings (SSSR count). The number of amides is 4. The van der Waals surface area contributed by atoms with Crippen LogP contribution in [0.5, 0.6) is 5.75 Å². The van der Waals surface area contributed by atoms with Crippen molar-refractivity contribution in [1.29, 1.82) is 0 Å². The second-order valence-corrected chi connectivity index (χ2v) is 6.22. The summed E-state index contributed by atoms with van der Waals surface area (Å²) in [4.78, 5) is 38.7. The Labute approximate surface area is 170 Å². The average Bonchev–Trinajstić information content (AvgIpc) is 2.74. The van der Waals surface area contributed by atoms with Crippen molar-refractivity contribution in [2.75, 3.05) is 32.6 Å². The lowest BCUT2D eigenvalue weighted by molar-refractivity contribution is -0.127. The molecule has 2 aromatic carbocycles. The van der Waals surface area contributed by atoms with Crippen LogP contribution < -0.4 is 20.7 Å². The Balaban J connectivity index is 2.16. The van der Waals surface area contributed by atoms with E-state index in [1.165, 1.54) is 7.05 Å². The molecule has 4 amide bonds. The van der Waals surface area contributed by atoms with Crippen molar-refractivity contribution in [3.05, 3.63) is 60.2 Å². The molecule has 0 saturated heterocycles. The highest BCUT2D eigenvalue weighted by atomic mass is 16.5. The van der Waals surface area contributed by atoms with Crippen molar-refractivity contribution < 1.29 is 19.1 Å². The number of hydrogen-bond donors (Lipinski definition) is 3. The van der Waals surface area contributed by atoms with Crippen LogP contribution in [0.3, 0.4) is 0 Å². The molecule has 0 radical (unpaired) electrons. The summed E-state index contributed by atoms with van der Waals surface area (Å²) in [5, 5.41) is 7.47. The van der Waals surface area contributed by atoms with Crippen molar-refractivity contribution in [2.45, 2.75) is 13.0 Å². The molecule has 3 N–H and O–H groups in total. The van der Waals surface area contributed by atoms with Gasteiger partial charge < -0.3 is 15.4 Å². The SMILES string of the molecule is CCN(CC(=O)Nc1ccc(OC)cc1)[C@H](C(=O)NC(=O)NC)c1ccccc1. The van der Waals surface area contributed by atoms with Crippen molar-refractivity contribution in [3.8, 4) is 5.75 Å². The third-order valence-corrected chi connectivity index (χ3v) is 4.32. The number of carbonyl (C=O) groups excluding carboxylic acids is 3. The zero-order chi connectivity index (χ0) is 21.2. The molecule has 8 nitrogen and oxygen atoms in total. The van der Waals surface area contributed by atoms with Crippen LogP contribution in [-0.2, 0) is 9.59 Å². The van der Waals surface area contributed by atoms with Gasteiger partial charge in [-0.25, -0.2) is 4.79 Å². The van der Waals surface area contributed by atoms with Gasteiger partial charge in [-0.05, 0) is 36.4 Å². The Hall–Kier alpha value is -3.39. The predicted octanol–water partition coefficient (Wildman–Crippen LogP) is 2.15. The van der Waals surface area contributed by atoms with Crippen LogP contribution in [0.4, 0.5) is 10.5 Å². The lowest BCUT2D eigenvalue weighted by atomic mass is 10.0. The van der Waals surface area contributed by atoms with Gasteiger partial charge in [0.2, 0.25) is 11.8 Å². The van der Waals surface area contributed by atoms with Crippen LogP contribution in [0.25, 0.3) is 0 Å². The summed E-state index contributed by atoms with van der Waals surface area (Å²) in [7, 11) is 3.00. The molecule has 0 aromatic heterocycles. The first-order valence-corrected chi connectivity index (χ1v) is 9.24. The van der Waals surface area contributed by atoms with Gasteiger partial charge in [-0.1, -0.05) is 37.3 Å². The molecule has 0 aliphatic rings. The van der Waals surface area contributed by atoms with Crippen molar-refractivity contribution in [2.24, 2.45) is 0 Å². The number of likely N-dealkylation sites (N-methyl/N-ethyl adjacent to an activating group) is 1. The quantitative estimate of drug-likeness (QED) is 0.633. The second kappa shape index (κ2) is 10.8. The van der Waals surface area contributed by atoms with Crippen molar-refractivity contribution >= 4 is 23.5 Å². The standard InChI is InChI=1S/C21H26N4O4/c1-4-25(14-18(26)23-16-10-12-17(29-3)13-11-16)19(15-8-6-5-7-9-15)20(27)24-21(28)22-2/h5-13,19H,4,14H2,1-3H3,(H,23,26)(H2,22,24,27,28)/t19-/m0/s1. The van der Waals surface area contributed by atoms with Gasteiger partial charge in [0.05, 0.1) is 13.7 Å². The molecule has 0 heterocycles. The van der Waals surface area contributed by atoms with Crippen LogP contribution in [0.1, 0.15) is 18.5 Å². The lowest BCUT2D eigenvalue weighted by Crippen LogP contribution is -2.47. The number of nitrogens with one attached hydrogen (secondary N) is 3. The number of benzene rings is 2. The van der Waals surface area contributed by atoms with Gasteiger partial charge in [0.15, 0.2) is 0 Å². The maximum atomic E-state index is 12.8. The number of methoxy groups -OCH3 is 1. The van der Waals surface area contributed by atoms with E-state index < -0.39 is 18.0 Å². The Morgan fingerprint density at radius 1 is 1.03 bits per heavy atom.